The largest absolute Gasteiger partial charge is 0.465 e. The number of aromatic nitrogens is 4. The summed E-state index contributed by atoms with van der Waals surface area (Å²) < 4.78 is 13.1. The van der Waals surface area contributed by atoms with Crippen LogP contribution in [0.4, 0.5) is 5.13 Å². The first-order valence-electron chi connectivity index (χ1n) is 11.5. The fraction of sp³-hybridized carbons (Fsp3) is 0.400. The first-order chi connectivity index (χ1) is 16.4. The minimum atomic E-state index is -0.327. The van der Waals surface area contributed by atoms with Gasteiger partial charge in [0.1, 0.15) is 0 Å². The van der Waals surface area contributed by atoms with E-state index in [1.807, 2.05) is 24.5 Å². The van der Waals surface area contributed by atoms with E-state index < -0.39 is 0 Å². The Labute approximate surface area is 201 Å². The molecule has 0 aliphatic carbocycles. The lowest BCUT2D eigenvalue weighted by molar-refractivity contribution is 0.0601. The lowest BCUT2D eigenvalue weighted by Gasteiger charge is -2.35. The molecule has 1 aromatic carbocycles. The summed E-state index contributed by atoms with van der Waals surface area (Å²) in [5, 5.41) is 2.07. The van der Waals surface area contributed by atoms with E-state index in [4.69, 9.17) is 14.5 Å². The Morgan fingerprint density at radius 3 is 3.12 bits per heavy atom. The number of fused-ring (bicyclic) bond motifs is 4. The van der Waals surface area contributed by atoms with Crippen LogP contribution in [-0.4, -0.2) is 58.4 Å². The van der Waals surface area contributed by atoms with Crippen LogP contribution in [0.1, 0.15) is 35.5 Å². The van der Waals surface area contributed by atoms with Gasteiger partial charge in [-0.15, -0.1) is 0 Å². The Kier molecular flexibility index (Phi) is 5.00. The molecule has 0 spiro atoms. The molecule has 0 amide bonds. The Balaban J connectivity index is 1.33. The standard InChI is InChI=1S/C25H27N5O3S/c1-25(2)12-20-21(22-26-6-7-30(22)25)34-24(28-20)29-8-9-33-14-17(29)10-16-13-27-19-5-4-15(11-18(16)19)23(31)32-3/h4-7,11,13,17,27H,8-10,12,14H2,1-3H3/t17-/m0/s1. The minimum absolute atomic E-state index is 0.0457. The molecular weight excluding hydrogens is 450 g/mol. The topological polar surface area (TPSA) is 85.3 Å². The molecule has 2 aliphatic heterocycles. The third-order valence-corrected chi connectivity index (χ3v) is 8.03. The number of morpholine rings is 1. The quantitative estimate of drug-likeness (QED) is 0.447. The van der Waals surface area contributed by atoms with Crippen molar-refractivity contribution in [3.63, 3.8) is 0 Å². The number of thiazole rings is 1. The van der Waals surface area contributed by atoms with Crippen LogP contribution in [0.5, 0.6) is 0 Å². The number of aromatic amines is 1. The predicted molar refractivity (Wildman–Crippen MR) is 132 cm³/mol. The number of carbonyl (C=O) groups is 1. The molecule has 3 aromatic heterocycles. The second kappa shape index (κ2) is 7.95. The van der Waals surface area contributed by atoms with Crippen molar-refractivity contribution in [3.05, 3.63) is 53.6 Å². The van der Waals surface area contributed by atoms with E-state index in [1.165, 1.54) is 12.0 Å². The molecule has 1 fully saturated rings. The SMILES string of the molecule is COC(=O)c1ccc2[nH]cc(C[C@H]3COCCN3c3nc4c(s3)-c3nccn3C(C)(C)C4)c2c1. The van der Waals surface area contributed by atoms with Crippen LogP contribution in [0.3, 0.4) is 0 Å². The van der Waals surface area contributed by atoms with Crippen molar-refractivity contribution >= 4 is 33.3 Å². The fourth-order valence-electron chi connectivity index (χ4n) is 5.13. The Bertz CT molecular complexity index is 1380. The molecule has 0 radical (unpaired) electrons. The van der Waals surface area contributed by atoms with E-state index in [-0.39, 0.29) is 17.6 Å². The lowest BCUT2D eigenvalue weighted by atomic mass is 9.94. The molecule has 1 saturated heterocycles. The maximum absolute atomic E-state index is 12.1. The summed E-state index contributed by atoms with van der Waals surface area (Å²) in [7, 11) is 1.41. The molecule has 4 aromatic rings. The number of imidazole rings is 1. The molecule has 9 heteroatoms. The van der Waals surface area contributed by atoms with E-state index in [9.17, 15) is 4.79 Å². The molecule has 176 valence electrons. The third kappa shape index (κ3) is 3.42. The zero-order chi connectivity index (χ0) is 23.4. The van der Waals surface area contributed by atoms with Crippen molar-refractivity contribution in [2.75, 3.05) is 31.8 Å². The van der Waals surface area contributed by atoms with E-state index in [2.05, 4.69) is 39.5 Å². The van der Waals surface area contributed by atoms with Gasteiger partial charge in [0.15, 0.2) is 11.0 Å². The summed E-state index contributed by atoms with van der Waals surface area (Å²) >= 11 is 1.73. The predicted octanol–water partition coefficient (Wildman–Crippen LogP) is 4.01. The Morgan fingerprint density at radius 1 is 1.38 bits per heavy atom. The first kappa shape index (κ1) is 21.4. The number of nitrogens with one attached hydrogen (secondary N) is 1. The van der Waals surface area contributed by atoms with E-state index in [0.717, 1.165) is 52.5 Å². The van der Waals surface area contributed by atoms with Crippen molar-refractivity contribution < 1.29 is 14.3 Å². The van der Waals surface area contributed by atoms with E-state index in [0.29, 0.717) is 18.8 Å². The monoisotopic (exact) mass is 477 g/mol. The average Bonchev–Trinajstić information content (AvgIpc) is 3.57. The molecule has 34 heavy (non-hydrogen) atoms. The zero-order valence-corrected chi connectivity index (χ0v) is 20.3. The molecule has 2 aliphatic rings. The van der Waals surface area contributed by atoms with Gasteiger partial charge in [0.2, 0.25) is 0 Å². The van der Waals surface area contributed by atoms with Gasteiger partial charge >= 0.3 is 5.97 Å². The van der Waals surface area contributed by atoms with Crippen LogP contribution in [0.25, 0.3) is 21.6 Å². The van der Waals surface area contributed by atoms with Crippen LogP contribution in [-0.2, 0) is 27.9 Å². The summed E-state index contributed by atoms with van der Waals surface area (Å²) in [5.74, 6) is 0.679. The normalized spacial score (nSPS) is 19.1. The number of methoxy groups -OCH3 is 1. The van der Waals surface area contributed by atoms with Crippen molar-refractivity contribution in [2.24, 2.45) is 0 Å². The Morgan fingerprint density at radius 2 is 2.26 bits per heavy atom. The second-order valence-corrected chi connectivity index (χ2v) is 10.6. The molecule has 0 saturated carbocycles. The third-order valence-electron chi connectivity index (χ3n) is 6.90. The zero-order valence-electron chi connectivity index (χ0n) is 19.5. The number of carbonyl (C=O) groups excluding carboxylic acids is 1. The summed E-state index contributed by atoms with van der Waals surface area (Å²) in [6.45, 7) is 6.58. The van der Waals surface area contributed by atoms with Crippen LogP contribution in [0.2, 0.25) is 0 Å². The van der Waals surface area contributed by atoms with E-state index in [1.54, 1.807) is 17.4 Å². The molecule has 5 heterocycles. The number of esters is 1. The fourth-order valence-corrected chi connectivity index (χ4v) is 6.31. The van der Waals surface area contributed by atoms with Crippen molar-refractivity contribution in [1.82, 2.24) is 19.5 Å². The number of benzene rings is 1. The number of nitrogens with zero attached hydrogens (tertiary/aromatic N) is 4. The van der Waals surface area contributed by atoms with Gasteiger partial charge in [-0.3, -0.25) is 0 Å². The van der Waals surface area contributed by atoms with Crippen molar-refractivity contribution in [3.8, 4) is 10.7 Å². The molecule has 1 atom stereocenters. The van der Waals surface area contributed by atoms with Gasteiger partial charge in [-0.05, 0) is 44.0 Å². The van der Waals surface area contributed by atoms with Crippen LogP contribution >= 0.6 is 11.3 Å². The number of anilines is 1. The number of hydrogen-bond acceptors (Lipinski definition) is 7. The van der Waals surface area contributed by atoms with Gasteiger partial charge in [-0.2, -0.15) is 0 Å². The second-order valence-electron chi connectivity index (χ2n) is 9.57. The minimum Gasteiger partial charge on any atom is -0.465 e. The van der Waals surface area contributed by atoms with Crippen LogP contribution in [0.15, 0.2) is 36.8 Å². The van der Waals surface area contributed by atoms with Crippen LogP contribution < -0.4 is 4.90 Å². The molecule has 0 unspecified atom stereocenters. The summed E-state index contributed by atoms with van der Waals surface area (Å²) in [6, 6.07) is 5.77. The van der Waals surface area contributed by atoms with Crippen molar-refractivity contribution in [1.29, 1.82) is 0 Å². The first-order valence-corrected chi connectivity index (χ1v) is 12.3. The Hall–Kier alpha value is -3.17. The van der Waals surface area contributed by atoms with Crippen molar-refractivity contribution in [2.45, 2.75) is 38.3 Å². The highest BCUT2D eigenvalue weighted by Gasteiger charge is 2.35. The number of rotatable bonds is 4. The van der Waals surface area contributed by atoms with Crippen LogP contribution in [0, 0.1) is 0 Å². The smallest absolute Gasteiger partial charge is 0.337 e. The molecular formula is C25H27N5O3S. The highest BCUT2D eigenvalue weighted by Crippen LogP contribution is 2.43. The maximum atomic E-state index is 12.1. The molecule has 1 N–H and O–H groups in total. The average molecular weight is 478 g/mol. The number of hydrogen-bond donors (Lipinski definition) is 1. The number of H-pyrrole nitrogens is 1. The van der Waals surface area contributed by atoms with Gasteiger partial charge in [0, 0.05) is 48.0 Å². The van der Waals surface area contributed by atoms with Gasteiger partial charge in [0.25, 0.3) is 0 Å². The summed E-state index contributed by atoms with van der Waals surface area (Å²) in [6.07, 6.45) is 7.65. The lowest BCUT2D eigenvalue weighted by Crippen LogP contribution is -2.46. The maximum Gasteiger partial charge on any atom is 0.337 e. The van der Waals surface area contributed by atoms with Gasteiger partial charge < -0.3 is 23.9 Å². The van der Waals surface area contributed by atoms with Gasteiger partial charge in [-0.1, -0.05) is 11.3 Å². The number of ether oxygens (including phenoxy) is 2. The summed E-state index contributed by atoms with van der Waals surface area (Å²) in [5.41, 5.74) is 3.79. The molecule has 0 bridgehead atoms. The highest BCUT2D eigenvalue weighted by molar-refractivity contribution is 7.19. The van der Waals surface area contributed by atoms with Gasteiger partial charge in [0.05, 0.1) is 42.5 Å². The highest BCUT2D eigenvalue weighted by atomic mass is 32.1. The van der Waals surface area contributed by atoms with E-state index >= 15 is 0 Å². The molecule has 8 nitrogen and oxygen atoms in total. The summed E-state index contributed by atoms with van der Waals surface area (Å²) in [4.78, 5) is 28.7. The molecule has 6 rings (SSSR count). The van der Waals surface area contributed by atoms with Gasteiger partial charge in [-0.25, -0.2) is 14.8 Å².